The van der Waals surface area contributed by atoms with Crippen molar-refractivity contribution in [2.75, 3.05) is 13.2 Å². The van der Waals surface area contributed by atoms with E-state index >= 15 is 0 Å². The van der Waals surface area contributed by atoms with E-state index in [9.17, 15) is 9.50 Å². The first-order chi connectivity index (χ1) is 11.1. The van der Waals surface area contributed by atoms with Crippen molar-refractivity contribution in [2.45, 2.75) is 32.4 Å². The Balaban J connectivity index is 1.72. The monoisotopic (exact) mass is 338 g/mol. The summed E-state index contributed by atoms with van der Waals surface area (Å²) in [7, 11) is 0. The number of piperidine rings is 1. The lowest BCUT2D eigenvalue weighted by atomic mass is 9.94. The molecule has 3 rings (SSSR count). The van der Waals surface area contributed by atoms with Gasteiger partial charge in [0.05, 0.1) is 22.6 Å². The number of aliphatic hydroxyl groups excluding tert-OH is 1. The highest BCUT2D eigenvalue weighted by molar-refractivity contribution is 6.30. The molecule has 1 saturated heterocycles. The van der Waals surface area contributed by atoms with Gasteiger partial charge in [-0.25, -0.2) is 9.07 Å². The normalized spacial score (nSPS) is 22.4. The predicted octanol–water partition coefficient (Wildman–Crippen LogP) is 2.65. The number of hydrogen-bond donors (Lipinski definition) is 1. The average molecular weight is 339 g/mol. The quantitative estimate of drug-likeness (QED) is 0.931. The Morgan fingerprint density at radius 3 is 2.96 bits per heavy atom. The highest BCUT2D eigenvalue weighted by Gasteiger charge is 2.25. The van der Waals surface area contributed by atoms with Gasteiger partial charge < -0.3 is 5.11 Å². The fraction of sp³-hybridized carbons (Fsp3) is 0.500. The van der Waals surface area contributed by atoms with Crippen LogP contribution in [0.2, 0.25) is 5.02 Å². The summed E-state index contributed by atoms with van der Waals surface area (Å²) in [6.45, 7) is 3.97. The molecule has 2 atom stereocenters. The van der Waals surface area contributed by atoms with E-state index in [1.807, 2.05) is 6.20 Å². The van der Waals surface area contributed by atoms with Gasteiger partial charge in [-0.3, -0.25) is 4.90 Å². The second-order valence-electron chi connectivity index (χ2n) is 6.16. The Bertz CT molecular complexity index is 678. The zero-order chi connectivity index (χ0) is 16.4. The molecule has 2 heterocycles. The van der Waals surface area contributed by atoms with Crippen LogP contribution in [0.15, 0.2) is 24.4 Å². The van der Waals surface area contributed by atoms with Gasteiger partial charge in [0.2, 0.25) is 0 Å². The number of halogens is 2. The van der Waals surface area contributed by atoms with Gasteiger partial charge >= 0.3 is 0 Å². The van der Waals surface area contributed by atoms with E-state index in [0.717, 1.165) is 25.1 Å². The summed E-state index contributed by atoms with van der Waals surface area (Å²) in [5, 5.41) is 17.7. The second-order valence-corrected chi connectivity index (χ2v) is 6.56. The van der Waals surface area contributed by atoms with Crippen LogP contribution in [0, 0.1) is 11.7 Å². The molecule has 0 aliphatic carbocycles. The van der Waals surface area contributed by atoms with E-state index in [0.29, 0.717) is 24.2 Å². The Labute approximate surface area is 139 Å². The summed E-state index contributed by atoms with van der Waals surface area (Å²) in [5.41, 5.74) is 1.52. The predicted molar refractivity (Wildman–Crippen MR) is 86.0 cm³/mol. The Hall–Kier alpha value is -1.50. The maximum Gasteiger partial charge on any atom is 0.141 e. The third-order valence-corrected chi connectivity index (χ3v) is 4.73. The van der Waals surface area contributed by atoms with Crippen molar-refractivity contribution in [3.63, 3.8) is 0 Å². The summed E-state index contributed by atoms with van der Waals surface area (Å²) >= 11 is 5.81. The molecule has 1 aromatic carbocycles. The first kappa shape index (κ1) is 16.4. The summed E-state index contributed by atoms with van der Waals surface area (Å²) in [4.78, 5) is 2.32. The van der Waals surface area contributed by atoms with Crippen molar-refractivity contribution >= 4 is 11.6 Å². The molecule has 23 heavy (non-hydrogen) atoms. The summed E-state index contributed by atoms with van der Waals surface area (Å²) in [5.74, 6) is -0.120. The van der Waals surface area contributed by atoms with Gasteiger partial charge in [0.15, 0.2) is 0 Å². The van der Waals surface area contributed by atoms with Gasteiger partial charge in [-0.15, -0.1) is 5.10 Å². The van der Waals surface area contributed by atoms with Crippen LogP contribution in [0.1, 0.15) is 25.5 Å². The summed E-state index contributed by atoms with van der Waals surface area (Å²) in [6, 6.07) is 4.92. The molecule has 0 unspecified atom stereocenters. The van der Waals surface area contributed by atoms with Gasteiger partial charge in [-0.05, 0) is 43.9 Å². The lowest BCUT2D eigenvalue weighted by Crippen LogP contribution is -2.42. The van der Waals surface area contributed by atoms with Crippen LogP contribution in [0.4, 0.5) is 4.39 Å². The van der Waals surface area contributed by atoms with Crippen LogP contribution in [0.5, 0.6) is 0 Å². The molecule has 0 amide bonds. The lowest BCUT2D eigenvalue weighted by molar-refractivity contribution is 0.0762. The summed E-state index contributed by atoms with van der Waals surface area (Å²) < 4.78 is 14.8. The standard InChI is InChI=1S/C16H20ClFN4O/c1-11-2-3-12(10-23)7-21(11)8-13-9-22(20-19-13)14-4-5-16(18)15(17)6-14/h4-6,9,11-12,23H,2-3,7-8,10H2,1H3/t11-,12-/m1/s1. The maximum atomic E-state index is 13.2. The van der Waals surface area contributed by atoms with Crippen LogP contribution >= 0.6 is 11.6 Å². The molecule has 0 bridgehead atoms. The summed E-state index contributed by atoms with van der Waals surface area (Å²) in [6.07, 6.45) is 3.97. The zero-order valence-electron chi connectivity index (χ0n) is 13.0. The minimum absolute atomic E-state index is 0.0648. The Morgan fingerprint density at radius 2 is 2.22 bits per heavy atom. The highest BCUT2D eigenvalue weighted by atomic mass is 35.5. The smallest absolute Gasteiger partial charge is 0.141 e. The number of benzene rings is 1. The number of aromatic nitrogens is 3. The molecular weight excluding hydrogens is 319 g/mol. The number of likely N-dealkylation sites (tertiary alicyclic amines) is 1. The van der Waals surface area contributed by atoms with Crippen molar-refractivity contribution in [1.82, 2.24) is 19.9 Å². The number of hydrogen-bond acceptors (Lipinski definition) is 4. The van der Waals surface area contributed by atoms with Crippen molar-refractivity contribution in [3.05, 3.63) is 40.9 Å². The lowest BCUT2D eigenvalue weighted by Gasteiger charge is -2.36. The first-order valence-electron chi connectivity index (χ1n) is 7.78. The van der Waals surface area contributed by atoms with E-state index < -0.39 is 5.82 Å². The van der Waals surface area contributed by atoms with Gasteiger partial charge in [0.25, 0.3) is 0 Å². The topological polar surface area (TPSA) is 54.2 Å². The minimum Gasteiger partial charge on any atom is -0.396 e. The van der Waals surface area contributed by atoms with Gasteiger partial charge in [0.1, 0.15) is 5.82 Å². The molecule has 2 aromatic rings. The van der Waals surface area contributed by atoms with Crippen LogP contribution in [0.3, 0.4) is 0 Å². The molecule has 0 saturated carbocycles. The van der Waals surface area contributed by atoms with Crippen LogP contribution in [-0.4, -0.2) is 44.2 Å². The van der Waals surface area contributed by atoms with E-state index in [-0.39, 0.29) is 11.6 Å². The molecular formula is C16H20ClFN4O. The molecule has 1 N–H and O–H groups in total. The number of aliphatic hydroxyl groups is 1. The number of rotatable bonds is 4. The fourth-order valence-electron chi connectivity index (χ4n) is 2.96. The van der Waals surface area contributed by atoms with Crippen LogP contribution < -0.4 is 0 Å². The minimum atomic E-state index is -0.451. The second kappa shape index (κ2) is 6.95. The molecule has 1 aliphatic heterocycles. The molecule has 5 nitrogen and oxygen atoms in total. The first-order valence-corrected chi connectivity index (χ1v) is 8.16. The van der Waals surface area contributed by atoms with Crippen molar-refractivity contribution in [3.8, 4) is 5.69 Å². The Kier molecular flexibility index (Phi) is 4.94. The SMILES string of the molecule is C[C@@H]1CC[C@@H](CO)CN1Cc1cn(-c2ccc(F)c(Cl)c2)nn1. The van der Waals surface area contributed by atoms with Gasteiger partial charge in [0, 0.05) is 25.7 Å². The van der Waals surface area contributed by atoms with E-state index in [2.05, 4.69) is 22.1 Å². The molecule has 0 spiro atoms. The molecule has 1 fully saturated rings. The van der Waals surface area contributed by atoms with Gasteiger partial charge in [-0.1, -0.05) is 16.8 Å². The Morgan fingerprint density at radius 1 is 1.39 bits per heavy atom. The maximum absolute atomic E-state index is 13.2. The van der Waals surface area contributed by atoms with Crippen molar-refractivity contribution < 1.29 is 9.50 Å². The van der Waals surface area contributed by atoms with E-state index in [4.69, 9.17) is 11.6 Å². The highest BCUT2D eigenvalue weighted by Crippen LogP contribution is 2.23. The van der Waals surface area contributed by atoms with Crippen molar-refractivity contribution in [1.29, 1.82) is 0 Å². The van der Waals surface area contributed by atoms with Crippen LogP contribution in [-0.2, 0) is 6.54 Å². The third-order valence-electron chi connectivity index (χ3n) is 4.44. The molecule has 1 aromatic heterocycles. The molecule has 124 valence electrons. The third kappa shape index (κ3) is 3.71. The zero-order valence-corrected chi connectivity index (χ0v) is 13.7. The molecule has 7 heteroatoms. The van der Waals surface area contributed by atoms with Crippen LogP contribution in [0.25, 0.3) is 5.69 Å². The van der Waals surface area contributed by atoms with Gasteiger partial charge in [-0.2, -0.15) is 0 Å². The van der Waals surface area contributed by atoms with E-state index in [1.165, 1.54) is 12.1 Å². The number of nitrogens with zero attached hydrogens (tertiary/aromatic N) is 4. The van der Waals surface area contributed by atoms with Crippen molar-refractivity contribution in [2.24, 2.45) is 5.92 Å². The molecule has 1 aliphatic rings. The van der Waals surface area contributed by atoms with E-state index in [1.54, 1.807) is 10.7 Å². The molecule has 0 radical (unpaired) electrons. The largest absolute Gasteiger partial charge is 0.396 e. The average Bonchev–Trinajstić information content (AvgIpc) is 3.01. The fourth-order valence-corrected chi connectivity index (χ4v) is 3.14.